The van der Waals surface area contributed by atoms with Crippen LogP contribution in [0.25, 0.3) is 0 Å². The molecule has 0 aliphatic rings. The molecule has 154 valence electrons. The predicted molar refractivity (Wildman–Crippen MR) is 99.3 cm³/mol. The van der Waals surface area contributed by atoms with Gasteiger partial charge >= 0.3 is 18.0 Å². The molecule has 0 aliphatic carbocycles. The van der Waals surface area contributed by atoms with Crippen molar-refractivity contribution >= 4 is 23.9 Å². The molecule has 0 radical (unpaired) electrons. The van der Waals surface area contributed by atoms with Crippen molar-refractivity contribution in [3.05, 3.63) is 11.8 Å². The summed E-state index contributed by atoms with van der Waals surface area (Å²) in [5, 5.41) is 4.92. The first-order valence-corrected chi connectivity index (χ1v) is 9.10. The van der Waals surface area contributed by atoms with E-state index < -0.39 is 29.9 Å². The molecule has 0 saturated carbocycles. The number of carbonyl (C=O) groups is 4. The van der Waals surface area contributed by atoms with Gasteiger partial charge < -0.3 is 25.8 Å². The van der Waals surface area contributed by atoms with Crippen molar-refractivity contribution < 1.29 is 28.7 Å². The Hall–Kier alpha value is -2.58. The molecule has 1 atom stereocenters. The molecule has 3 amide bonds. The molecule has 27 heavy (non-hydrogen) atoms. The molecule has 0 saturated heterocycles. The largest absolute Gasteiger partial charge is 0.464 e. The van der Waals surface area contributed by atoms with Crippen LogP contribution >= 0.6 is 0 Å². The first-order valence-electron chi connectivity index (χ1n) is 9.10. The molecule has 0 aromatic rings. The number of esters is 2. The van der Waals surface area contributed by atoms with Crippen LogP contribution in [0.2, 0.25) is 0 Å². The van der Waals surface area contributed by atoms with Gasteiger partial charge in [0, 0.05) is 6.42 Å². The van der Waals surface area contributed by atoms with Crippen LogP contribution < -0.4 is 16.4 Å². The minimum Gasteiger partial charge on any atom is -0.464 e. The van der Waals surface area contributed by atoms with E-state index in [1.54, 1.807) is 13.8 Å². The van der Waals surface area contributed by atoms with Crippen LogP contribution in [0.1, 0.15) is 53.4 Å². The van der Waals surface area contributed by atoms with Gasteiger partial charge in [-0.3, -0.25) is 4.79 Å². The Morgan fingerprint density at radius 1 is 1.07 bits per heavy atom. The Kier molecular flexibility index (Phi) is 12.3. The second-order valence-electron chi connectivity index (χ2n) is 6.23. The average molecular weight is 385 g/mol. The topological polar surface area (TPSA) is 137 Å². The van der Waals surface area contributed by atoms with Gasteiger partial charge in [0.2, 0.25) is 5.91 Å². The van der Waals surface area contributed by atoms with E-state index in [-0.39, 0.29) is 31.2 Å². The number of allylic oxidation sites excluding steroid dienone is 1. The monoisotopic (exact) mass is 385 g/mol. The minimum atomic E-state index is -0.830. The molecule has 0 aliphatic heterocycles. The lowest BCUT2D eigenvalue weighted by Gasteiger charge is -2.19. The molecule has 1 unspecified atom stereocenters. The fourth-order valence-corrected chi connectivity index (χ4v) is 2.16. The zero-order valence-electron chi connectivity index (χ0n) is 16.5. The normalized spacial score (nSPS) is 12.3. The molecule has 9 heteroatoms. The highest BCUT2D eigenvalue weighted by molar-refractivity contribution is 5.94. The second-order valence-corrected chi connectivity index (χ2v) is 6.23. The Labute approximate surface area is 160 Å². The lowest BCUT2D eigenvalue weighted by molar-refractivity contribution is -0.145. The molecule has 0 rings (SSSR count). The van der Waals surface area contributed by atoms with E-state index in [0.29, 0.717) is 19.3 Å². The fourth-order valence-electron chi connectivity index (χ4n) is 2.16. The number of nitrogens with two attached hydrogens (primary N) is 1. The number of primary amides is 1. The van der Waals surface area contributed by atoms with Crippen molar-refractivity contribution in [2.45, 2.75) is 59.4 Å². The number of carbonyl (C=O) groups excluding carboxylic acids is 4. The third-order valence-corrected chi connectivity index (χ3v) is 3.30. The van der Waals surface area contributed by atoms with Crippen molar-refractivity contribution in [1.82, 2.24) is 10.6 Å². The highest BCUT2D eigenvalue weighted by atomic mass is 16.5. The van der Waals surface area contributed by atoms with E-state index in [2.05, 4.69) is 10.6 Å². The van der Waals surface area contributed by atoms with Crippen molar-refractivity contribution in [1.29, 1.82) is 0 Å². The number of amides is 3. The number of rotatable bonds is 12. The first kappa shape index (κ1) is 24.4. The van der Waals surface area contributed by atoms with E-state index in [4.69, 9.17) is 15.2 Å². The summed E-state index contributed by atoms with van der Waals surface area (Å²) in [4.78, 5) is 47.0. The summed E-state index contributed by atoms with van der Waals surface area (Å²) in [5.41, 5.74) is 5.01. The lowest BCUT2D eigenvalue weighted by Crippen LogP contribution is -2.47. The Balaban J connectivity index is 5.01. The van der Waals surface area contributed by atoms with E-state index in [9.17, 15) is 19.2 Å². The van der Waals surface area contributed by atoms with E-state index in [1.807, 2.05) is 13.8 Å². The summed E-state index contributed by atoms with van der Waals surface area (Å²) in [7, 11) is 0. The molecule has 0 fully saturated rings. The van der Waals surface area contributed by atoms with Gasteiger partial charge in [0.15, 0.2) is 0 Å². The van der Waals surface area contributed by atoms with Crippen LogP contribution in [0.15, 0.2) is 11.8 Å². The summed E-state index contributed by atoms with van der Waals surface area (Å²) < 4.78 is 9.87. The summed E-state index contributed by atoms with van der Waals surface area (Å²) >= 11 is 0. The van der Waals surface area contributed by atoms with Crippen LogP contribution in [0.3, 0.4) is 0 Å². The van der Waals surface area contributed by atoms with Crippen LogP contribution in [0, 0.1) is 5.92 Å². The maximum absolute atomic E-state index is 12.3. The molecule has 0 bridgehead atoms. The van der Waals surface area contributed by atoms with Gasteiger partial charge in [-0.15, -0.1) is 0 Å². The van der Waals surface area contributed by atoms with Gasteiger partial charge in [0.05, 0.1) is 13.2 Å². The highest BCUT2D eigenvalue weighted by Crippen LogP contribution is 2.07. The number of unbranched alkanes of at least 4 members (excludes halogenated alkanes) is 1. The van der Waals surface area contributed by atoms with Gasteiger partial charge in [-0.05, 0) is 39.0 Å². The molecule has 0 spiro atoms. The summed E-state index contributed by atoms with van der Waals surface area (Å²) in [5.74, 6) is -1.54. The van der Waals surface area contributed by atoms with Gasteiger partial charge in [-0.25, -0.2) is 14.4 Å². The number of ether oxygens (including phenoxy) is 2. The van der Waals surface area contributed by atoms with Gasteiger partial charge in [-0.1, -0.05) is 19.9 Å². The maximum atomic E-state index is 12.3. The molecule has 9 nitrogen and oxygen atoms in total. The molecular weight excluding hydrogens is 354 g/mol. The van der Waals surface area contributed by atoms with Crippen LogP contribution in [0.5, 0.6) is 0 Å². The fraction of sp³-hybridized carbons (Fsp3) is 0.667. The van der Waals surface area contributed by atoms with E-state index in [1.165, 1.54) is 6.08 Å². The predicted octanol–water partition coefficient (Wildman–Crippen LogP) is 1.37. The van der Waals surface area contributed by atoms with Gasteiger partial charge in [0.1, 0.15) is 11.7 Å². The number of nitrogens with one attached hydrogen (secondary N) is 2. The van der Waals surface area contributed by atoms with Crippen molar-refractivity contribution in [2.24, 2.45) is 11.7 Å². The van der Waals surface area contributed by atoms with Crippen molar-refractivity contribution in [2.75, 3.05) is 13.2 Å². The molecule has 4 N–H and O–H groups in total. The highest BCUT2D eigenvalue weighted by Gasteiger charge is 2.24. The average Bonchev–Trinajstić information content (AvgIpc) is 2.56. The van der Waals surface area contributed by atoms with E-state index >= 15 is 0 Å². The van der Waals surface area contributed by atoms with Crippen LogP contribution in [0.4, 0.5) is 4.79 Å². The summed E-state index contributed by atoms with van der Waals surface area (Å²) in [6.45, 7) is 7.48. The lowest BCUT2D eigenvalue weighted by atomic mass is 10.0. The van der Waals surface area contributed by atoms with Crippen LogP contribution in [-0.4, -0.2) is 43.1 Å². The molecular formula is C18H31N3O6. The third kappa shape index (κ3) is 11.6. The zero-order chi connectivity index (χ0) is 20.8. The zero-order valence-corrected chi connectivity index (χ0v) is 16.5. The molecule has 0 aromatic heterocycles. The number of urea groups is 1. The summed E-state index contributed by atoms with van der Waals surface area (Å²) in [6.07, 6.45) is 2.80. The van der Waals surface area contributed by atoms with Crippen molar-refractivity contribution in [3.63, 3.8) is 0 Å². The Bertz CT molecular complexity index is 545. The standard InChI is InChI=1S/C18H31N3O6/c1-5-26-16(23)13(9-7-8-10-15(19)22)20-18(25)21-14(11-12(3)4)17(24)27-6-2/h9,12,14H,5-8,10-11H2,1-4H3,(H2,19,22)(H2,20,21,25). The summed E-state index contributed by atoms with van der Waals surface area (Å²) in [6, 6.07) is -1.55. The molecule has 0 heterocycles. The quantitative estimate of drug-likeness (QED) is 0.264. The van der Waals surface area contributed by atoms with E-state index in [0.717, 1.165) is 0 Å². The smallest absolute Gasteiger partial charge is 0.354 e. The van der Waals surface area contributed by atoms with Gasteiger partial charge in [0.25, 0.3) is 0 Å². The number of hydrogen-bond acceptors (Lipinski definition) is 6. The second kappa shape index (κ2) is 13.6. The number of hydrogen-bond donors (Lipinski definition) is 3. The minimum absolute atomic E-state index is 0.0639. The Morgan fingerprint density at radius 2 is 1.70 bits per heavy atom. The first-order chi connectivity index (χ1) is 12.7. The van der Waals surface area contributed by atoms with Crippen molar-refractivity contribution in [3.8, 4) is 0 Å². The maximum Gasteiger partial charge on any atom is 0.354 e. The molecule has 0 aromatic carbocycles. The van der Waals surface area contributed by atoms with Gasteiger partial charge in [-0.2, -0.15) is 0 Å². The SMILES string of the molecule is CCOC(=O)C(=CCCCC(N)=O)NC(=O)NC(CC(C)C)C(=O)OCC. The van der Waals surface area contributed by atoms with Crippen LogP contribution in [-0.2, 0) is 23.9 Å². The third-order valence-electron chi connectivity index (χ3n) is 3.30. The Morgan fingerprint density at radius 3 is 2.22 bits per heavy atom.